The average molecular weight is 450 g/mol. The number of ether oxygens (including phenoxy) is 1. The SMILES string of the molecule is CC(CC(=O)c1cc(-c2ccc(OC(F)(F)F)cc2)nc(-c2cnn(C)c2)n1)C(O)CO. The molecule has 0 fully saturated rings. The van der Waals surface area contributed by atoms with Crippen molar-refractivity contribution in [2.45, 2.75) is 25.8 Å². The van der Waals surface area contributed by atoms with Crippen LogP contribution in [0, 0.1) is 5.92 Å². The van der Waals surface area contributed by atoms with Crippen LogP contribution in [0.2, 0.25) is 0 Å². The maximum atomic E-state index is 12.8. The van der Waals surface area contributed by atoms with E-state index in [0.29, 0.717) is 16.8 Å². The molecule has 3 rings (SSSR count). The molecule has 8 nitrogen and oxygen atoms in total. The second-order valence-corrected chi connectivity index (χ2v) is 7.29. The number of halogens is 3. The Labute approximate surface area is 181 Å². The summed E-state index contributed by atoms with van der Waals surface area (Å²) in [5.41, 5.74) is 1.38. The number of hydrogen-bond donors (Lipinski definition) is 2. The summed E-state index contributed by atoms with van der Waals surface area (Å²) in [6, 6.07) is 6.51. The Morgan fingerprint density at radius 1 is 1.19 bits per heavy atom. The number of aromatic nitrogens is 4. The smallest absolute Gasteiger partial charge is 0.406 e. The molecule has 3 aromatic rings. The molecule has 2 heterocycles. The van der Waals surface area contributed by atoms with E-state index in [2.05, 4.69) is 19.8 Å². The fourth-order valence-corrected chi connectivity index (χ4v) is 2.94. The van der Waals surface area contributed by atoms with Crippen molar-refractivity contribution >= 4 is 5.78 Å². The van der Waals surface area contributed by atoms with Crippen molar-refractivity contribution in [3.8, 4) is 28.4 Å². The van der Waals surface area contributed by atoms with Crippen LogP contribution in [0.4, 0.5) is 13.2 Å². The van der Waals surface area contributed by atoms with Crippen molar-refractivity contribution in [1.82, 2.24) is 19.7 Å². The van der Waals surface area contributed by atoms with Crippen LogP contribution in [0.1, 0.15) is 23.8 Å². The molecule has 0 aliphatic rings. The molecule has 2 N–H and O–H groups in total. The van der Waals surface area contributed by atoms with Gasteiger partial charge in [-0.25, -0.2) is 9.97 Å². The standard InChI is InChI=1S/C21H21F3N4O4/c1-12(19(31)11-29)7-18(30)17-8-16(26-20(27-17)14-9-25-28(2)10-14)13-3-5-15(6-4-13)32-21(22,23)24/h3-6,8-10,12,19,29,31H,7,11H2,1-2H3. The second kappa shape index (κ2) is 9.45. The molecule has 0 radical (unpaired) electrons. The highest BCUT2D eigenvalue weighted by Crippen LogP contribution is 2.28. The highest BCUT2D eigenvalue weighted by atomic mass is 19.4. The van der Waals surface area contributed by atoms with E-state index in [9.17, 15) is 23.1 Å². The van der Waals surface area contributed by atoms with Crippen molar-refractivity contribution in [1.29, 1.82) is 0 Å². The van der Waals surface area contributed by atoms with E-state index in [1.165, 1.54) is 29.1 Å². The molecule has 170 valence electrons. The van der Waals surface area contributed by atoms with Crippen LogP contribution in [0.15, 0.2) is 42.7 Å². The van der Waals surface area contributed by atoms with Crippen LogP contribution in [-0.2, 0) is 7.05 Å². The molecule has 0 saturated carbocycles. The minimum absolute atomic E-state index is 0.0664. The van der Waals surface area contributed by atoms with Gasteiger partial charge in [0.25, 0.3) is 0 Å². The van der Waals surface area contributed by atoms with Crippen molar-refractivity contribution in [2.24, 2.45) is 13.0 Å². The first-order valence-corrected chi connectivity index (χ1v) is 9.62. The molecule has 2 unspecified atom stereocenters. The Hall–Kier alpha value is -3.31. The summed E-state index contributed by atoms with van der Waals surface area (Å²) in [5, 5.41) is 22.9. The maximum Gasteiger partial charge on any atom is 0.573 e. The van der Waals surface area contributed by atoms with Crippen LogP contribution in [-0.4, -0.2) is 54.8 Å². The number of nitrogens with zero attached hydrogens (tertiary/aromatic N) is 4. The third-order valence-corrected chi connectivity index (χ3v) is 4.71. The van der Waals surface area contributed by atoms with E-state index < -0.39 is 25.0 Å². The fourth-order valence-electron chi connectivity index (χ4n) is 2.94. The molecule has 0 saturated heterocycles. The summed E-state index contributed by atoms with van der Waals surface area (Å²) in [6.45, 7) is 1.15. The number of carbonyl (C=O) groups is 1. The summed E-state index contributed by atoms with van der Waals surface area (Å²) >= 11 is 0. The molecule has 11 heteroatoms. The molecular weight excluding hydrogens is 429 g/mol. The van der Waals surface area contributed by atoms with Gasteiger partial charge in [0.15, 0.2) is 11.6 Å². The zero-order valence-corrected chi connectivity index (χ0v) is 17.2. The summed E-state index contributed by atoms with van der Waals surface area (Å²) in [5.74, 6) is -1.06. The van der Waals surface area contributed by atoms with Gasteiger partial charge < -0.3 is 14.9 Å². The zero-order valence-electron chi connectivity index (χ0n) is 17.2. The number of aliphatic hydroxyl groups is 2. The van der Waals surface area contributed by atoms with Crippen LogP contribution in [0.3, 0.4) is 0 Å². The largest absolute Gasteiger partial charge is 0.573 e. The van der Waals surface area contributed by atoms with E-state index in [-0.39, 0.29) is 29.5 Å². The number of carbonyl (C=O) groups excluding carboxylic acids is 1. The van der Waals surface area contributed by atoms with Crippen molar-refractivity contribution < 1.29 is 32.9 Å². The number of alkyl halides is 3. The van der Waals surface area contributed by atoms with Gasteiger partial charge in [-0.05, 0) is 36.2 Å². The van der Waals surface area contributed by atoms with E-state index in [1.807, 2.05) is 0 Å². The predicted molar refractivity (Wildman–Crippen MR) is 108 cm³/mol. The minimum Gasteiger partial charge on any atom is -0.406 e. The number of aryl methyl sites for hydroxylation is 1. The number of rotatable bonds is 8. The Morgan fingerprint density at radius 2 is 1.88 bits per heavy atom. The third kappa shape index (κ3) is 5.89. The van der Waals surface area contributed by atoms with Gasteiger partial charge >= 0.3 is 6.36 Å². The van der Waals surface area contributed by atoms with Crippen LogP contribution < -0.4 is 4.74 Å². The van der Waals surface area contributed by atoms with E-state index in [0.717, 1.165) is 12.1 Å². The maximum absolute atomic E-state index is 12.8. The van der Waals surface area contributed by atoms with Crippen LogP contribution >= 0.6 is 0 Å². The topological polar surface area (TPSA) is 110 Å². The number of aliphatic hydroxyl groups excluding tert-OH is 2. The van der Waals surface area contributed by atoms with E-state index >= 15 is 0 Å². The highest BCUT2D eigenvalue weighted by Gasteiger charge is 2.31. The fraction of sp³-hybridized carbons (Fsp3) is 0.333. The number of benzene rings is 1. The van der Waals surface area contributed by atoms with Gasteiger partial charge in [-0.1, -0.05) is 6.92 Å². The van der Waals surface area contributed by atoms with Gasteiger partial charge in [-0.3, -0.25) is 9.48 Å². The highest BCUT2D eigenvalue weighted by molar-refractivity contribution is 5.95. The van der Waals surface area contributed by atoms with Crippen molar-refractivity contribution in [3.05, 3.63) is 48.4 Å². The molecule has 2 atom stereocenters. The first-order valence-electron chi connectivity index (χ1n) is 9.62. The molecule has 0 spiro atoms. The monoisotopic (exact) mass is 450 g/mol. The Bertz CT molecular complexity index is 1080. The van der Waals surface area contributed by atoms with Gasteiger partial charge in [0.2, 0.25) is 0 Å². The normalized spacial score (nSPS) is 13.6. The lowest BCUT2D eigenvalue weighted by Gasteiger charge is -2.15. The van der Waals surface area contributed by atoms with Gasteiger partial charge in [0, 0.05) is 25.2 Å². The summed E-state index contributed by atoms with van der Waals surface area (Å²) in [4.78, 5) is 21.6. The molecule has 2 aromatic heterocycles. The summed E-state index contributed by atoms with van der Waals surface area (Å²) in [6.07, 6.45) is -2.75. The van der Waals surface area contributed by atoms with Gasteiger partial charge in [0.1, 0.15) is 11.4 Å². The molecule has 32 heavy (non-hydrogen) atoms. The van der Waals surface area contributed by atoms with Crippen LogP contribution in [0.5, 0.6) is 5.75 Å². The number of Topliss-reactive ketones (excluding diaryl/α,β-unsaturated/α-hetero) is 1. The van der Waals surface area contributed by atoms with Crippen molar-refractivity contribution in [2.75, 3.05) is 6.61 Å². The van der Waals surface area contributed by atoms with Gasteiger partial charge in [0.05, 0.1) is 30.2 Å². The van der Waals surface area contributed by atoms with Gasteiger partial charge in [-0.2, -0.15) is 5.10 Å². The third-order valence-electron chi connectivity index (χ3n) is 4.71. The first kappa shape index (κ1) is 23.4. The lowest BCUT2D eigenvalue weighted by molar-refractivity contribution is -0.274. The average Bonchev–Trinajstić information content (AvgIpc) is 3.18. The van der Waals surface area contributed by atoms with Crippen molar-refractivity contribution in [3.63, 3.8) is 0 Å². The number of ketones is 1. The molecule has 0 bridgehead atoms. The Balaban J connectivity index is 1.98. The zero-order chi connectivity index (χ0) is 23.5. The van der Waals surface area contributed by atoms with Gasteiger partial charge in [-0.15, -0.1) is 13.2 Å². The lowest BCUT2D eigenvalue weighted by Crippen LogP contribution is -2.24. The molecule has 0 amide bonds. The minimum atomic E-state index is -4.81. The molecule has 0 aliphatic carbocycles. The lowest BCUT2D eigenvalue weighted by atomic mass is 9.97. The summed E-state index contributed by atoms with van der Waals surface area (Å²) < 4.78 is 42.7. The van der Waals surface area contributed by atoms with E-state index in [4.69, 9.17) is 5.11 Å². The predicted octanol–water partition coefficient (Wildman–Crippen LogP) is 3.00. The van der Waals surface area contributed by atoms with E-state index in [1.54, 1.807) is 20.2 Å². The quantitative estimate of drug-likeness (QED) is 0.508. The number of hydrogen-bond acceptors (Lipinski definition) is 7. The Kier molecular flexibility index (Phi) is 6.90. The Morgan fingerprint density at radius 3 is 2.44 bits per heavy atom. The summed E-state index contributed by atoms with van der Waals surface area (Å²) in [7, 11) is 1.71. The van der Waals surface area contributed by atoms with Crippen LogP contribution in [0.25, 0.3) is 22.6 Å². The molecule has 1 aromatic carbocycles. The first-order chi connectivity index (χ1) is 15.1. The molecule has 0 aliphatic heterocycles. The molecular formula is C21H21F3N4O4. The second-order valence-electron chi connectivity index (χ2n) is 7.29.